The highest BCUT2D eigenvalue weighted by molar-refractivity contribution is 7.22. The fourth-order valence-electron chi connectivity index (χ4n) is 3.59. The summed E-state index contributed by atoms with van der Waals surface area (Å²) in [5.74, 6) is -0.488. The van der Waals surface area contributed by atoms with E-state index in [-0.39, 0.29) is 28.7 Å². The number of aromatic nitrogens is 1. The molecule has 0 bridgehead atoms. The average Bonchev–Trinajstić information content (AvgIpc) is 3.17. The van der Waals surface area contributed by atoms with Crippen LogP contribution in [0.15, 0.2) is 36.4 Å². The van der Waals surface area contributed by atoms with Crippen LogP contribution >= 0.6 is 35.3 Å². The molecule has 0 radical (unpaired) electrons. The van der Waals surface area contributed by atoms with E-state index in [0.29, 0.717) is 13.1 Å². The lowest BCUT2D eigenvalue weighted by atomic mass is 10.1. The number of nitro groups is 1. The van der Waals surface area contributed by atoms with Crippen molar-refractivity contribution in [2.45, 2.75) is 6.92 Å². The Balaban J connectivity index is 0.00000289. The van der Waals surface area contributed by atoms with Crippen molar-refractivity contribution in [2.75, 3.05) is 44.2 Å². The fourth-order valence-corrected chi connectivity index (χ4v) is 4.88. The van der Waals surface area contributed by atoms with Gasteiger partial charge in [-0.2, -0.15) is 0 Å². The van der Waals surface area contributed by atoms with Gasteiger partial charge in [-0.15, -0.1) is 12.4 Å². The number of anilines is 1. The summed E-state index contributed by atoms with van der Waals surface area (Å²) in [5, 5.41) is 15.2. The Morgan fingerprint density at radius 2 is 1.97 bits per heavy atom. The second-order valence-corrected chi connectivity index (χ2v) is 8.92. The summed E-state index contributed by atoms with van der Waals surface area (Å²) in [7, 11) is 0. The molecule has 1 aliphatic rings. The molecule has 8 nitrogen and oxygen atoms in total. The van der Waals surface area contributed by atoms with Crippen molar-refractivity contribution < 1.29 is 9.72 Å². The lowest BCUT2D eigenvalue weighted by molar-refractivity contribution is -0.385. The van der Waals surface area contributed by atoms with Crippen LogP contribution in [0.3, 0.4) is 0 Å². The van der Waals surface area contributed by atoms with Crippen LogP contribution in [-0.4, -0.2) is 60.0 Å². The monoisotopic (exact) mass is 495 g/mol. The van der Waals surface area contributed by atoms with Gasteiger partial charge in [-0.3, -0.25) is 19.8 Å². The van der Waals surface area contributed by atoms with Crippen LogP contribution in [-0.2, 0) is 0 Å². The van der Waals surface area contributed by atoms with Crippen molar-refractivity contribution in [1.29, 1.82) is 0 Å². The lowest BCUT2D eigenvalue weighted by Crippen LogP contribution is -2.48. The maximum Gasteiger partial charge on any atom is 0.282 e. The summed E-state index contributed by atoms with van der Waals surface area (Å²) >= 11 is 7.62. The zero-order valence-corrected chi connectivity index (χ0v) is 19.8. The third-order valence-corrected chi connectivity index (χ3v) is 6.60. The van der Waals surface area contributed by atoms with Gasteiger partial charge in [0.2, 0.25) is 0 Å². The Morgan fingerprint density at radius 3 is 2.69 bits per heavy atom. The molecule has 1 aromatic heterocycles. The molecule has 2 aromatic carbocycles. The van der Waals surface area contributed by atoms with Gasteiger partial charge >= 0.3 is 0 Å². The molecule has 0 spiro atoms. The average molecular weight is 496 g/mol. The second kappa shape index (κ2) is 10.4. The van der Waals surface area contributed by atoms with Crippen LogP contribution in [0.25, 0.3) is 10.2 Å². The number of piperazine rings is 1. The smallest absolute Gasteiger partial charge is 0.282 e. The fraction of sp³-hybridized carbons (Fsp3) is 0.333. The maximum absolute atomic E-state index is 12.4. The van der Waals surface area contributed by atoms with E-state index >= 15 is 0 Å². The van der Waals surface area contributed by atoms with Gasteiger partial charge in [0.15, 0.2) is 5.13 Å². The number of nitrogens with one attached hydrogen (secondary N) is 1. The molecular formula is C21H23Cl2N5O3S. The van der Waals surface area contributed by atoms with E-state index in [1.54, 1.807) is 11.3 Å². The predicted molar refractivity (Wildman–Crippen MR) is 131 cm³/mol. The third-order valence-electron chi connectivity index (χ3n) is 5.29. The molecular weight excluding hydrogens is 473 g/mol. The van der Waals surface area contributed by atoms with E-state index in [0.717, 1.165) is 36.8 Å². The van der Waals surface area contributed by atoms with E-state index in [9.17, 15) is 14.9 Å². The highest BCUT2D eigenvalue weighted by atomic mass is 35.5. The molecule has 3 aromatic rings. The molecule has 170 valence electrons. The zero-order valence-electron chi connectivity index (χ0n) is 17.4. The van der Waals surface area contributed by atoms with Gasteiger partial charge in [-0.05, 0) is 36.8 Å². The molecule has 32 heavy (non-hydrogen) atoms. The van der Waals surface area contributed by atoms with Gasteiger partial charge in [0.1, 0.15) is 5.56 Å². The van der Waals surface area contributed by atoms with Gasteiger partial charge in [0.25, 0.3) is 11.6 Å². The number of halogens is 2. The summed E-state index contributed by atoms with van der Waals surface area (Å²) in [4.78, 5) is 32.3. The second-order valence-electron chi connectivity index (χ2n) is 7.47. The van der Waals surface area contributed by atoms with Crippen LogP contribution < -0.4 is 10.2 Å². The summed E-state index contributed by atoms with van der Waals surface area (Å²) in [6, 6.07) is 10.3. The molecule has 1 fully saturated rings. The molecule has 4 rings (SSSR count). The number of carbonyl (C=O) groups excluding carboxylic acids is 1. The van der Waals surface area contributed by atoms with E-state index in [2.05, 4.69) is 40.2 Å². The topological polar surface area (TPSA) is 91.6 Å². The summed E-state index contributed by atoms with van der Waals surface area (Å²) in [6.07, 6.45) is 0. The first-order valence-corrected chi connectivity index (χ1v) is 11.2. The van der Waals surface area contributed by atoms with E-state index in [1.807, 2.05) is 0 Å². The van der Waals surface area contributed by atoms with Crippen LogP contribution in [0.4, 0.5) is 10.8 Å². The minimum atomic E-state index is -0.576. The Labute approximate surface area is 200 Å². The Kier molecular flexibility index (Phi) is 7.89. The first-order chi connectivity index (χ1) is 14.9. The Morgan fingerprint density at radius 1 is 1.22 bits per heavy atom. The molecule has 0 atom stereocenters. The number of nitrogens with zero attached hydrogens (tertiary/aromatic N) is 4. The van der Waals surface area contributed by atoms with Crippen molar-refractivity contribution in [2.24, 2.45) is 0 Å². The first kappa shape index (κ1) is 24.2. The van der Waals surface area contributed by atoms with Crippen LogP contribution in [0.5, 0.6) is 0 Å². The number of hydrogen-bond donors (Lipinski definition) is 1. The molecule has 0 saturated carbocycles. The summed E-state index contributed by atoms with van der Waals surface area (Å²) < 4.78 is 1.20. The van der Waals surface area contributed by atoms with Crippen molar-refractivity contribution >= 4 is 62.3 Å². The Hall–Kier alpha value is -2.46. The van der Waals surface area contributed by atoms with Crippen LogP contribution in [0, 0.1) is 17.0 Å². The first-order valence-electron chi connectivity index (χ1n) is 9.97. The number of fused-ring (bicyclic) bond motifs is 1. The van der Waals surface area contributed by atoms with Crippen molar-refractivity contribution in [3.8, 4) is 0 Å². The van der Waals surface area contributed by atoms with Crippen LogP contribution in [0.1, 0.15) is 15.9 Å². The normalized spacial score (nSPS) is 14.2. The molecule has 0 unspecified atom stereocenters. The van der Waals surface area contributed by atoms with Crippen molar-refractivity contribution in [3.05, 3.63) is 62.7 Å². The highest BCUT2D eigenvalue weighted by Crippen LogP contribution is 2.30. The molecule has 11 heteroatoms. The lowest BCUT2D eigenvalue weighted by Gasteiger charge is -2.34. The van der Waals surface area contributed by atoms with Crippen molar-refractivity contribution in [3.63, 3.8) is 0 Å². The largest absolute Gasteiger partial charge is 0.351 e. The SMILES string of the molecule is Cc1ccc2nc(N3CCN(CCNC(=O)c4cc(Cl)ccc4[N+](=O)[O-])CC3)sc2c1.Cl. The number of nitro benzene ring substituents is 1. The number of aryl methyl sites for hydroxylation is 1. The van der Waals surface area contributed by atoms with Gasteiger partial charge in [-0.25, -0.2) is 4.98 Å². The van der Waals surface area contributed by atoms with Crippen molar-refractivity contribution in [1.82, 2.24) is 15.2 Å². The molecule has 1 saturated heterocycles. The standard InChI is InChI=1S/C21H22ClN5O3S.ClH/c1-14-2-4-17-19(12-14)31-21(24-17)26-10-8-25(9-11-26)7-6-23-20(28)16-13-15(22)3-5-18(16)27(29)30;/h2-5,12-13H,6-11H2,1H3,(H,23,28);1H. The van der Waals surface area contributed by atoms with E-state index < -0.39 is 10.8 Å². The number of rotatable bonds is 6. The summed E-state index contributed by atoms with van der Waals surface area (Å²) in [5.41, 5.74) is 2.00. The van der Waals surface area contributed by atoms with Gasteiger partial charge in [0, 0.05) is 50.4 Å². The Bertz CT molecular complexity index is 1130. The molecule has 1 amide bonds. The van der Waals surface area contributed by atoms with E-state index in [4.69, 9.17) is 16.6 Å². The number of benzene rings is 2. The van der Waals surface area contributed by atoms with Crippen LogP contribution in [0.2, 0.25) is 5.02 Å². The number of thiazole rings is 1. The highest BCUT2D eigenvalue weighted by Gasteiger charge is 2.22. The van der Waals surface area contributed by atoms with Gasteiger partial charge in [0.05, 0.1) is 15.1 Å². The van der Waals surface area contributed by atoms with E-state index in [1.165, 1.54) is 28.5 Å². The predicted octanol–water partition coefficient (Wildman–Crippen LogP) is 4.14. The number of carbonyl (C=O) groups is 1. The maximum atomic E-state index is 12.4. The number of amides is 1. The molecule has 2 heterocycles. The van der Waals surface area contributed by atoms with Gasteiger partial charge < -0.3 is 10.2 Å². The minimum Gasteiger partial charge on any atom is -0.351 e. The molecule has 0 aliphatic carbocycles. The summed E-state index contributed by atoms with van der Waals surface area (Å²) in [6.45, 7) is 6.63. The molecule has 1 N–H and O–H groups in total. The van der Waals surface area contributed by atoms with Gasteiger partial charge in [-0.1, -0.05) is 29.0 Å². The zero-order chi connectivity index (χ0) is 22.0. The minimum absolute atomic E-state index is 0. The number of hydrogen-bond acceptors (Lipinski definition) is 7. The third kappa shape index (κ3) is 5.47. The quantitative estimate of drug-likeness (QED) is 0.408. The molecule has 1 aliphatic heterocycles.